The molecule has 4 aliphatic heterocycles. The van der Waals surface area contributed by atoms with E-state index < -0.39 is 0 Å². The van der Waals surface area contributed by atoms with Crippen LogP contribution >= 0.6 is 0 Å². The molecule has 2 atom stereocenters. The summed E-state index contributed by atoms with van der Waals surface area (Å²) in [6.07, 6.45) is 2.76. The number of benzene rings is 1. The van der Waals surface area contributed by atoms with E-state index in [9.17, 15) is 0 Å². The van der Waals surface area contributed by atoms with E-state index in [1.165, 1.54) is 38.0 Å². The van der Waals surface area contributed by atoms with Crippen molar-refractivity contribution in [1.82, 2.24) is 15.1 Å². The molecular formula is C19H29N3O. The van der Waals surface area contributed by atoms with Gasteiger partial charge in [0.2, 0.25) is 0 Å². The molecular weight excluding hydrogens is 286 g/mol. The summed E-state index contributed by atoms with van der Waals surface area (Å²) in [4.78, 5) is 5.22. The van der Waals surface area contributed by atoms with Gasteiger partial charge in [-0.3, -0.25) is 4.90 Å². The van der Waals surface area contributed by atoms with Crippen LogP contribution in [0.5, 0.6) is 0 Å². The van der Waals surface area contributed by atoms with Gasteiger partial charge in [-0.05, 0) is 37.4 Å². The van der Waals surface area contributed by atoms with E-state index in [0.29, 0.717) is 12.1 Å². The summed E-state index contributed by atoms with van der Waals surface area (Å²) < 4.78 is 5.55. The zero-order valence-electron chi connectivity index (χ0n) is 14.0. The number of nitrogens with one attached hydrogen (secondary N) is 1. The number of nitrogens with zero attached hydrogens (tertiary/aromatic N) is 2. The first-order valence-electron chi connectivity index (χ1n) is 9.22. The number of piperidine rings is 3. The lowest BCUT2D eigenvalue weighted by Crippen LogP contribution is -2.57. The van der Waals surface area contributed by atoms with Gasteiger partial charge in [0, 0.05) is 38.3 Å². The molecule has 23 heavy (non-hydrogen) atoms. The van der Waals surface area contributed by atoms with Crippen LogP contribution in [0, 0.1) is 5.92 Å². The van der Waals surface area contributed by atoms with Crippen molar-refractivity contribution in [3.05, 3.63) is 35.9 Å². The average Bonchev–Trinajstić information content (AvgIpc) is 2.65. The zero-order chi connectivity index (χ0) is 15.5. The average molecular weight is 315 g/mol. The largest absolute Gasteiger partial charge is 0.379 e. The maximum absolute atomic E-state index is 5.55. The molecule has 1 aromatic rings. The summed E-state index contributed by atoms with van der Waals surface area (Å²) in [7, 11) is 0. The monoisotopic (exact) mass is 315 g/mol. The number of fused-ring (bicyclic) bond motifs is 3. The van der Waals surface area contributed by atoms with Crippen molar-refractivity contribution < 1.29 is 4.74 Å². The maximum atomic E-state index is 5.55. The molecule has 2 unspecified atom stereocenters. The molecule has 0 spiro atoms. The Bertz CT molecular complexity index is 481. The molecule has 4 heterocycles. The first kappa shape index (κ1) is 15.6. The normalized spacial score (nSPS) is 32.8. The number of ether oxygens (including phenoxy) is 1. The molecule has 4 nitrogen and oxygen atoms in total. The van der Waals surface area contributed by atoms with Crippen molar-refractivity contribution in [1.29, 1.82) is 0 Å². The number of hydrogen-bond acceptors (Lipinski definition) is 4. The van der Waals surface area contributed by atoms with Gasteiger partial charge in [-0.25, -0.2) is 0 Å². The topological polar surface area (TPSA) is 27.7 Å². The van der Waals surface area contributed by atoms with Crippen LogP contribution in [0.15, 0.2) is 30.3 Å². The number of rotatable bonds is 5. The first-order chi connectivity index (χ1) is 11.4. The molecule has 4 heteroatoms. The van der Waals surface area contributed by atoms with Gasteiger partial charge in [-0.15, -0.1) is 0 Å². The highest BCUT2D eigenvalue weighted by molar-refractivity contribution is 5.19. The van der Waals surface area contributed by atoms with E-state index in [1.54, 1.807) is 0 Å². The smallest absolute Gasteiger partial charge is 0.0594 e. The third-order valence-corrected chi connectivity index (χ3v) is 5.90. The molecule has 4 saturated heterocycles. The predicted molar refractivity (Wildman–Crippen MR) is 92.5 cm³/mol. The quantitative estimate of drug-likeness (QED) is 0.896. The molecule has 2 bridgehead atoms. The molecule has 5 rings (SSSR count). The van der Waals surface area contributed by atoms with Crippen molar-refractivity contribution in [3.63, 3.8) is 0 Å². The minimum atomic E-state index is 0.468. The highest BCUT2D eigenvalue weighted by atomic mass is 16.5. The summed E-state index contributed by atoms with van der Waals surface area (Å²) in [6.45, 7) is 8.74. The molecule has 4 aliphatic rings. The van der Waals surface area contributed by atoms with Crippen LogP contribution in [-0.4, -0.2) is 68.3 Å². The Morgan fingerprint density at radius 1 is 1.04 bits per heavy atom. The van der Waals surface area contributed by atoms with Gasteiger partial charge in [0.25, 0.3) is 0 Å². The van der Waals surface area contributed by atoms with E-state index in [-0.39, 0.29) is 0 Å². The molecule has 0 aromatic heterocycles. The fraction of sp³-hybridized carbons (Fsp3) is 0.684. The number of morpholine rings is 1. The van der Waals surface area contributed by atoms with E-state index in [1.807, 2.05) is 0 Å². The Balaban J connectivity index is 1.43. The minimum absolute atomic E-state index is 0.468. The van der Waals surface area contributed by atoms with Crippen LogP contribution in [0.25, 0.3) is 0 Å². The van der Waals surface area contributed by atoms with Gasteiger partial charge in [-0.1, -0.05) is 30.3 Å². The van der Waals surface area contributed by atoms with E-state index in [4.69, 9.17) is 4.74 Å². The third kappa shape index (κ3) is 3.61. The Labute approximate surface area is 139 Å². The van der Waals surface area contributed by atoms with Crippen molar-refractivity contribution in [3.8, 4) is 0 Å². The van der Waals surface area contributed by atoms with Gasteiger partial charge in [0.1, 0.15) is 0 Å². The lowest BCUT2D eigenvalue weighted by Gasteiger charge is -2.46. The Kier molecular flexibility index (Phi) is 4.95. The Morgan fingerprint density at radius 3 is 2.43 bits per heavy atom. The summed E-state index contributed by atoms with van der Waals surface area (Å²) in [5.41, 5.74) is 1.43. The van der Waals surface area contributed by atoms with Crippen LogP contribution in [0.4, 0.5) is 0 Å². The van der Waals surface area contributed by atoms with Gasteiger partial charge in [-0.2, -0.15) is 0 Å². The Hall–Kier alpha value is -0.940. The molecule has 0 radical (unpaired) electrons. The fourth-order valence-electron chi connectivity index (χ4n) is 4.48. The fourth-order valence-corrected chi connectivity index (χ4v) is 4.48. The minimum Gasteiger partial charge on any atom is -0.379 e. The van der Waals surface area contributed by atoms with Gasteiger partial charge in [0.05, 0.1) is 13.2 Å². The van der Waals surface area contributed by atoms with Crippen LogP contribution < -0.4 is 5.32 Å². The molecule has 1 aromatic carbocycles. The van der Waals surface area contributed by atoms with E-state index >= 15 is 0 Å². The second kappa shape index (κ2) is 7.31. The van der Waals surface area contributed by atoms with E-state index in [0.717, 1.165) is 38.8 Å². The van der Waals surface area contributed by atoms with Crippen molar-refractivity contribution in [2.75, 3.05) is 52.5 Å². The zero-order valence-corrected chi connectivity index (χ0v) is 14.0. The molecule has 4 fully saturated rings. The van der Waals surface area contributed by atoms with Crippen molar-refractivity contribution in [2.45, 2.75) is 24.9 Å². The summed E-state index contributed by atoms with van der Waals surface area (Å²) in [6, 6.07) is 12.1. The second-order valence-electron chi connectivity index (χ2n) is 7.23. The summed E-state index contributed by atoms with van der Waals surface area (Å²) in [5.74, 6) is 0.890. The third-order valence-electron chi connectivity index (χ3n) is 5.90. The number of hydrogen-bond donors (Lipinski definition) is 1. The summed E-state index contributed by atoms with van der Waals surface area (Å²) in [5, 5.41) is 3.92. The molecule has 1 N–H and O–H groups in total. The van der Waals surface area contributed by atoms with E-state index in [2.05, 4.69) is 45.4 Å². The first-order valence-corrected chi connectivity index (χ1v) is 9.22. The van der Waals surface area contributed by atoms with Crippen LogP contribution in [0.2, 0.25) is 0 Å². The second-order valence-corrected chi connectivity index (χ2v) is 7.23. The molecule has 0 amide bonds. The lowest BCUT2D eigenvalue weighted by molar-refractivity contribution is 0.0119. The van der Waals surface area contributed by atoms with Gasteiger partial charge in [0.15, 0.2) is 0 Å². The van der Waals surface area contributed by atoms with Crippen LogP contribution in [0.3, 0.4) is 0 Å². The van der Waals surface area contributed by atoms with Crippen molar-refractivity contribution in [2.24, 2.45) is 5.92 Å². The van der Waals surface area contributed by atoms with Crippen molar-refractivity contribution >= 4 is 0 Å². The molecule has 126 valence electrons. The van der Waals surface area contributed by atoms with Gasteiger partial charge >= 0.3 is 0 Å². The summed E-state index contributed by atoms with van der Waals surface area (Å²) >= 11 is 0. The highest BCUT2D eigenvalue weighted by Crippen LogP contribution is 2.28. The SMILES string of the molecule is c1ccc(C(CNC2CN3CCC2CC3)N2CCOCC2)cc1. The standard InChI is InChI=1S/C19H29N3O/c1-2-4-17(5-3-1)19(22-10-12-23-13-11-22)14-20-18-15-21-8-6-16(18)7-9-21/h1-5,16,18-20H,6-15H2. The predicted octanol–water partition coefficient (Wildman–Crippen LogP) is 1.74. The maximum Gasteiger partial charge on any atom is 0.0594 e. The van der Waals surface area contributed by atoms with Crippen LogP contribution in [0.1, 0.15) is 24.4 Å². The highest BCUT2D eigenvalue weighted by Gasteiger charge is 2.34. The lowest BCUT2D eigenvalue weighted by atomic mass is 9.84. The van der Waals surface area contributed by atoms with Gasteiger partial charge < -0.3 is 15.0 Å². The molecule has 0 aliphatic carbocycles. The molecule has 0 saturated carbocycles. The Morgan fingerprint density at radius 2 is 1.78 bits per heavy atom. The van der Waals surface area contributed by atoms with Crippen LogP contribution in [-0.2, 0) is 4.74 Å².